The molecule has 0 aliphatic heterocycles. The topological polar surface area (TPSA) is 40.7 Å². The average Bonchev–Trinajstić information content (AvgIpc) is 2.76. The zero-order valence-corrected chi connectivity index (χ0v) is 10.5. The van der Waals surface area contributed by atoms with E-state index in [9.17, 15) is 0 Å². The van der Waals surface area contributed by atoms with Crippen molar-refractivity contribution >= 4 is 0 Å². The number of nitrogens with zero attached hydrogens (tertiary/aromatic N) is 1. The molecular weight excluding hydrogens is 198 g/mol. The van der Waals surface area contributed by atoms with E-state index in [1.807, 2.05) is 12.4 Å². The van der Waals surface area contributed by atoms with Crippen molar-refractivity contribution in [3.05, 3.63) is 18.0 Å². The highest BCUT2D eigenvalue weighted by Crippen LogP contribution is 2.29. The minimum absolute atomic E-state index is 0.400. The van der Waals surface area contributed by atoms with Gasteiger partial charge in [0.25, 0.3) is 0 Å². The molecule has 1 fully saturated rings. The van der Waals surface area contributed by atoms with Gasteiger partial charge in [-0.05, 0) is 31.6 Å². The summed E-state index contributed by atoms with van der Waals surface area (Å²) in [5.41, 5.74) is 1.26. The summed E-state index contributed by atoms with van der Waals surface area (Å²) in [6.07, 6.45) is 7.95. The van der Waals surface area contributed by atoms with Gasteiger partial charge in [-0.3, -0.25) is 5.10 Å². The van der Waals surface area contributed by atoms with Crippen molar-refractivity contribution < 1.29 is 0 Å². The molecule has 2 rings (SSSR count). The van der Waals surface area contributed by atoms with Gasteiger partial charge in [0, 0.05) is 23.8 Å². The molecule has 0 spiro atoms. The van der Waals surface area contributed by atoms with E-state index < -0.39 is 0 Å². The first kappa shape index (κ1) is 11.6. The number of aromatic amines is 1. The number of rotatable bonds is 3. The molecule has 0 aromatic carbocycles. The fourth-order valence-electron chi connectivity index (χ4n) is 2.68. The Morgan fingerprint density at radius 1 is 1.44 bits per heavy atom. The zero-order valence-electron chi connectivity index (χ0n) is 10.5. The summed E-state index contributed by atoms with van der Waals surface area (Å²) in [5, 5.41) is 10.6. The van der Waals surface area contributed by atoms with Crippen LogP contribution in [0.1, 0.15) is 51.6 Å². The average molecular weight is 221 g/mol. The maximum atomic E-state index is 4.01. The summed E-state index contributed by atoms with van der Waals surface area (Å²) in [7, 11) is 0. The van der Waals surface area contributed by atoms with E-state index >= 15 is 0 Å². The predicted octanol–water partition coefficient (Wildman–Crippen LogP) is 2.89. The molecule has 4 unspecified atom stereocenters. The van der Waals surface area contributed by atoms with Gasteiger partial charge < -0.3 is 5.32 Å². The monoisotopic (exact) mass is 221 g/mol. The second kappa shape index (κ2) is 5.00. The SMILES string of the molecule is CC1CCC(C)C(NC(C)c2cn[nH]c2)C1. The molecule has 1 saturated carbocycles. The fraction of sp³-hybridized carbons (Fsp3) is 0.769. The molecule has 3 heteroatoms. The van der Waals surface area contributed by atoms with Crippen molar-refractivity contribution in [1.29, 1.82) is 0 Å². The highest BCUT2D eigenvalue weighted by molar-refractivity contribution is 5.08. The number of hydrogen-bond acceptors (Lipinski definition) is 2. The smallest absolute Gasteiger partial charge is 0.0534 e. The molecule has 0 bridgehead atoms. The summed E-state index contributed by atoms with van der Waals surface area (Å²) >= 11 is 0. The van der Waals surface area contributed by atoms with Crippen LogP contribution in [-0.2, 0) is 0 Å². The molecule has 2 N–H and O–H groups in total. The number of nitrogens with one attached hydrogen (secondary N) is 2. The Morgan fingerprint density at radius 3 is 2.94 bits per heavy atom. The maximum Gasteiger partial charge on any atom is 0.0534 e. The van der Waals surface area contributed by atoms with Crippen molar-refractivity contribution in [1.82, 2.24) is 15.5 Å². The van der Waals surface area contributed by atoms with Gasteiger partial charge in [-0.15, -0.1) is 0 Å². The lowest BCUT2D eigenvalue weighted by atomic mass is 9.79. The third kappa shape index (κ3) is 2.64. The Bertz CT molecular complexity index is 307. The molecule has 1 heterocycles. The van der Waals surface area contributed by atoms with Crippen LogP contribution in [0, 0.1) is 11.8 Å². The van der Waals surface area contributed by atoms with E-state index in [0.717, 1.165) is 11.8 Å². The summed E-state index contributed by atoms with van der Waals surface area (Å²) in [4.78, 5) is 0. The predicted molar refractivity (Wildman–Crippen MR) is 66.1 cm³/mol. The van der Waals surface area contributed by atoms with E-state index in [0.29, 0.717) is 12.1 Å². The summed E-state index contributed by atoms with van der Waals surface area (Å²) < 4.78 is 0. The molecule has 1 aromatic rings. The van der Waals surface area contributed by atoms with Crippen LogP contribution in [-0.4, -0.2) is 16.2 Å². The Hall–Kier alpha value is -0.830. The Kier molecular flexibility index (Phi) is 3.64. The van der Waals surface area contributed by atoms with E-state index in [4.69, 9.17) is 0 Å². The summed E-state index contributed by atoms with van der Waals surface area (Å²) in [5.74, 6) is 1.66. The van der Waals surface area contributed by atoms with Crippen LogP contribution in [0.4, 0.5) is 0 Å². The van der Waals surface area contributed by atoms with Crippen molar-refractivity contribution in [3.8, 4) is 0 Å². The fourth-order valence-corrected chi connectivity index (χ4v) is 2.68. The second-order valence-corrected chi connectivity index (χ2v) is 5.42. The minimum atomic E-state index is 0.400. The second-order valence-electron chi connectivity index (χ2n) is 5.42. The van der Waals surface area contributed by atoms with Gasteiger partial charge in [0.2, 0.25) is 0 Å². The van der Waals surface area contributed by atoms with Crippen LogP contribution in [0.5, 0.6) is 0 Å². The molecule has 4 atom stereocenters. The molecule has 1 aliphatic carbocycles. The van der Waals surface area contributed by atoms with Gasteiger partial charge in [-0.2, -0.15) is 5.10 Å². The normalized spacial score (nSPS) is 32.6. The molecule has 3 nitrogen and oxygen atoms in total. The van der Waals surface area contributed by atoms with Gasteiger partial charge in [0.05, 0.1) is 6.20 Å². The lowest BCUT2D eigenvalue weighted by Crippen LogP contribution is -2.40. The number of hydrogen-bond donors (Lipinski definition) is 2. The first-order valence-electron chi connectivity index (χ1n) is 6.41. The third-order valence-corrected chi connectivity index (χ3v) is 3.94. The van der Waals surface area contributed by atoms with Crippen molar-refractivity contribution in [3.63, 3.8) is 0 Å². The van der Waals surface area contributed by atoms with Crippen molar-refractivity contribution in [2.75, 3.05) is 0 Å². The third-order valence-electron chi connectivity index (χ3n) is 3.94. The summed E-state index contributed by atoms with van der Waals surface area (Å²) in [6.45, 7) is 6.95. The Labute approximate surface area is 98.0 Å². The minimum Gasteiger partial charge on any atom is -0.307 e. The molecule has 0 amide bonds. The van der Waals surface area contributed by atoms with E-state index in [-0.39, 0.29) is 0 Å². The van der Waals surface area contributed by atoms with Gasteiger partial charge in [-0.25, -0.2) is 0 Å². The Morgan fingerprint density at radius 2 is 2.25 bits per heavy atom. The van der Waals surface area contributed by atoms with Crippen LogP contribution in [0.2, 0.25) is 0 Å². The molecule has 1 aromatic heterocycles. The molecule has 0 radical (unpaired) electrons. The molecular formula is C13H23N3. The maximum absolute atomic E-state index is 4.01. The standard InChI is InChI=1S/C13H23N3/c1-9-4-5-10(2)13(6-9)16-11(3)12-7-14-15-8-12/h7-11,13,16H,4-6H2,1-3H3,(H,14,15). The first-order chi connectivity index (χ1) is 7.66. The highest BCUT2D eigenvalue weighted by Gasteiger charge is 2.26. The van der Waals surface area contributed by atoms with Crippen LogP contribution in [0.25, 0.3) is 0 Å². The summed E-state index contributed by atoms with van der Waals surface area (Å²) in [6, 6.07) is 1.06. The Balaban J connectivity index is 1.93. The molecule has 1 aliphatic rings. The lowest BCUT2D eigenvalue weighted by molar-refractivity contribution is 0.216. The highest BCUT2D eigenvalue weighted by atomic mass is 15.1. The first-order valence-corrected chi connectivity index (χ1v) is 6.41. The molecule has 16 heavy (non-hydrogen) atoms. The van der Waals surface area contributed by atoms with Gasteiger partial charge in [-0.1, -0.05) is 20.3 Å². The number of H-pyrrole nitrogens is 1. The van der Waals surface area contributed by atoms with Crippen LogP contribution in [0.3, 0.4) is 0 Å². The van der Waals surface area contributed by atoms with Gasteiger partial charge in [0.15, 0.2) is 0 Å². The van der Waals surface area contributed by atoms with Crippen LogP contribution >= 0.6 is 0 Å². The van der Waals surface area contributed by atoms with Crippen LogP contribution < -0.4 is 5.32 Å². The largest absolute Gasteiger partial charge is 0.307 e. The molecule has 90 valence electrons. The van der Waals surface area contributed by atoms with E-state index in [2.05, 4.69) is 36.3 Å². The van der Waals surface area contributed by atoms with Crippen molar-refractivity contribution in [2.45, 2.75) is 52.1 Å². The number of aromatic nitrogens is 2. The lowest BCUT2D eigenvalue weighted by Gasteiger charge is -2.35. The van der Waals surface area contributed by atoms with Gasteiger partial charge in [0.1, 0.15) is 0 Å². The van der Waals surface area contributed by atoms with Crippen LogP contribution in [0.15, 0.2) is 12.4 Å². The quantitative estimate of drug-likeness (QED) is 0.824. The molecule has 0 saturated heterocycles. The van der Waals surface area contributed by atoms with E-state index in [1.165, 1.54) is 24.8 Å². The van der Waals surface area contributed by atoms with Crippen molar-refractivity contribution in [2.24, 2.45) is 11.8 Å². The van der Waals surface area contributed by atoms with Gasteiger partial charge >= 0.3 is 0 Å². The van der Waals surface area contributed by atoms with E-state index in [1.54, 1.807) is 0 Å². The zero-order chi connectivity index (χ0) is 11.5.